The van der Waals surface area contributed by atoms with E-state index in [-0.39, 0.29) is 12.5 Å². The van der Waals surface area contributed by atoms with Crippen LogP contribution >= 0.6 is 0 Å². The highest BCUT2D eigenvalue weighted by Crippen LogP contribution is 1.97. The minimum atomic E-state index is 0.0308. The van der Waals surface area contributed by atoms with E-state index in [0.717, 1.165) is 19.4 Å². The molecule has 4 nitrogen and oxygen atoms in total. The highest BCUT2D eigenvalue weighted by Gasteiger charge is 2.03. The van der Waals surface area contributed by atoms with Crippen LogP contribution in [0.1, 0.15) is 26.7 Å². The summed E-state index contributed by atoms with van der Waals surface area (Å²) >= 11 is 0. The van der Waals surface area contributed by atoms with E-state index in [9.17, 15) is 4.79 Å². The first-order chi connectivity index (χ1) is 6.70. The maximum absolute atomic E-state index is 11.2. The molecule has 4 heteroatoms. The highest BCUT2D eigenvalue weighted by atomic mass is 16.3. The summed E-state index contributed by atoms with van der Waals surface area (Å²) in [6.45, 7) is 6.17. The lowest BCUT2D eigenvalue weighted by Gasteiger charge is -2.11. The van der Waals surface area contributed by atoms with Crippen molar-refractivity contribution in [3.8, 4) is 0 Å². The van der Waals surface area contributed by atoms with Crippen LogP contribution in [-0.4, -0.2) is 37.3 Å². The first-order valence-electron chi connectivity index (χ1n) is 5.29. The molecule has 0 fully saturated rings. The molecule has 0 heterocycles. The Labute approximate surface area is 86.1 Å². The zero-order valence-electron chi connectivity index (χ0n) is 9.18. The fourth-order valence-electron chi connectivity index (χ4n) is 1.05. The minimum absolute atomic E-state index is 0.0308. The Hall–Kier alpha value is -0.610. The van der Waals surface area contributed by atoms with Gasteiger partial charge in [-0.3, -0.25) is 4.79 Å². The third kappa shape index (κ3) is 8.01. The molecule has 0 aromatic carbocycles. The van der Waals surface area contributed by atoms with E-state index in [0.29, 0.717) is 19.0 Å². The Morgan fingerprint density at radius 2 is 2.21 bits per heavy atom. The van der Waals surface area contributed by atoms with E-state index in [1.54, 1.807) is 0 Å². The number of carbonyl (C=O) groups excluding carboxylic acids is 1. The summed E-state index contributed by atoms with van der Waals surface area (Å²) in [5.74, 6) is 0.373. The summed E-state index contributed by atoms with van der Waals surface area (Å²) in [6.07, 6.45) is 1.77. The summed E-state index contributed by atoms with van der Waals surface area (Å²) in [7, 11) is 0. The van der Waals surface area contributed by atoms with Crippen LogP contribution in [0.5, 0.6) is 0 Å². The molecule has 1 unspecified atom stereocenters. The van der Waals surface area contributed by atoms with Gasteiger partial charge >= 0.3 is 0 Å². The predicted octanol–water partition coefficient (Wildman–Crippen LogP) is 0.121. The molecule has 0 radical (unpaired) electrons. The molecule has 0 aliphatic rings. The predicted molar refractivity (Wildman–Crippen MR) is 57.0 cm³/mol. The van der Waals surface area contributed by atoms with Crippen LogP contribution in [0.2, 0.25) is 0 Å². The number of nitrogens with one attached hydrogen (secondary N) is 2. The summed E-state index contributed by atoms with van der Waals surface area (Å²) in [4.78, 5) is 11.2. The molecule has 14 heavy (non-hydrogen) atoms. The zero-order valence-corrected chi connectivity index (χ0v) is 9.18. The second-order valence-corrected chi connectivity index (χ2v) is 3.60. The summed E-state index contributed by atoms with van der Waals surface area (Å²) < 4.78 is 0. The molecular weight excluding hydrogens is 180 g/mol. The van der Waals surface area contributed by atoms with Crippen LogP contribution in [0.25, 0.3) is 0 Å². The Balaban J connectivity index is 3.34. The molecule has 0 saturated heterocycles. The topological polar surface area (TPSA) is 61.4 Å². The third-order valence-corrected chi connectivity index (χ3v) is 1.98. The fourth-order valence-corrected chi connectivity index (χ4v) is 1.05. The van der Waals surface area contributed by atoms with Gasteiger partial charge in [-0.1, -0.05) is 13.8 Å². The SMILES string of the molecule is CCCNCC(=O)NCC(C)CCO. The normalized spacial score (nSPS) is 12.5. The molecule has 1 atom stereocenters. The standard InChI is InChI=1S/C10H22N2O2/c1-3-5-11-8-10(14)12-7-9(2)4-6-13/h9,11,13H,3-8H2,1-2H3,(H,12,14). The van der Waals surface area contributed by atoms with Crippen molar-refractivity contribution in [2.45, 2.75) is 26.7 Å². The van der Waals surface area contributed by atoms with Gasteiger partial charge in [-0.05, 0) is 25.3 Å². The quantitative estimate of drug-likeness (QED) is 0.490. The molecule has 84 valence electrons. The van der Waals surface area contributed by atoms with Crippen molar-refractivity contribution in [2.75, 3.05) is 26.2 Å². The van der Waals surface area contributed by atoms with Gasteiger partial charge in [0.15, 0.2) is 0 Å². The van der Waals surface area contributed by atoms with E-state index in [2.05, 4.69) is 17.6 Å². The molecule has 0 aromatic heterocycles. The first-order valence-corrected chi connectivity index (χ1v) is 5.29. The largest absolute Gasteiger partial charge is 0.396 e. The first kappa shape index (κ1) is 13.4. The molecule has 0 aliphatic heterocycles. The van der Waals surface area contributed by atoms with Gasteiger partial charge in [0, 0.05) is 13.2 Å². The molecule has 0 aliphatic carbocycles. The van der Waals surface area contributed by atoms with E-state index < -0.39 is 0 Å². The van der Waals surface area contributed by atoms with Gasteiger partial charge in [0.1, 0.15) is 0 Å². The number of carbonyl (C=O) groups is 1. The van der Waals surface area contributed by atoms with Crippen molar-refractivity contribution in [2.24, 2.45) is 5.92 Å². The Kier molecular flexibility index (Phi) is 8.57. The Bertz CT molecular complexity index is 151. The average Bonchev–Trinajstić information content (AvgIpc) is 2.16. The highest BCUT2D eigenvalue weighted by molar-refractivity contribution is 5.77. The van der Waals surface area contributed by atoms with E-state index in [1.807, 2.05) is 6.92 Å². The van der Waals surface area contributed by atoms with E-state index >= 15 is 0 Å². The molecule has 1 amide bonds. The number of hydrogen-bond donors (Lipinski definition) is 3. The van der Waals surface area contributed by atoms with Gasteiger partial charge < -0.3 is 15.7 Å². The van der Waals surface area contributed by atoms with Gasteiger partial charge in [0.2, 0.25) is 5.91 Å². The Morgan fingerprint density at radius 3 is 2.79 bits per heavy atom. The third-order valence-electron chi connectivity index (χ3n) is 1.98. The molecular formula is C10H22N2O2. The van der Waals surface area contributed by atoms with Gasteiger partial charge in [-0.2, -0.15) is 0 Å². The van der Waals surface area contributed by atoms with Crippen molar-refractivity contribution < 1.29 is 9.90 Å². The van der Waals surface area contributed by atoms with Crippen molar-refractivity contribution >= 4 is 5.91 Å². The van der Waals surface area contributed by atoms with Gasteiger partial charge in [-0.15, -0.1) is 0 Å². The van der Waals surface area contributed by atoms with Crippen LogP contribution in [-0.2, 0) is 4.79 Å². The molecule has 3 N–H and O–H groups in total. The average molecular weight is 202 g/mol. The minimum Gasteiger partial charge on any atom is -0.396 e. The zero-order chi connectivity index (χ0) is 10.8. The number of rotatable bonds is 8. The Morgan fingerprint density at radius 1 is 1.50 bits per heavy atom. The van der Waals surface area contributed by atoms with Crippen LogP contribution < -0.4 is 10.6 Å². The number of amides is 1. The van der Waals surface area contributed by atoms with Crippen molar-refractivity contribution in [1.82, 2.24) is 10.6 Å². The molecule has 0 aromatic rings. The van der Waals surface area contributed by atoms with Crippen molar-refractivity contribution in [1.29, 1.82) is 0 Å². The number of aliphatic hydroxyl groups is 1. The number of hydrogen-bond acceptors (Lipinski definition) is 3. The van der Waals surface area contributed by atoms with Crippen LogP contribution in [0.15, 0.2) is 0 Å². The molecule has 0 spiro atoms. The van der Waals surface area contributed by atoms with Gasteiger partial charge in [0.05, 0.1) is 6.54 Å². The van der Waals surface area contributed by atoms with E-state index in [1.165, 1.54) is 0 Å². The van der Waals surface area contributed by atoms with Crippen molar-refractivity contribution in [3.05, 3.63) is 0 Å². The van der Waals surface area contributed by atoms with Gasteiger partial charge in [0.25, 0.3) is 0 Å². The molecule has 0 saturated carbocycles. The lowest BCUT2D eigenvalue weighted by atomic mass is 10.1. The lowest BCUT2D eigenvalue weighted by Crippen LogP contribution is -2.36. The lowest BCUT2D eigenvalue weighted by molar-refractivity contribution is -0.120. The fraction of sp³-hybridized carbons (Fsp3) is 0.900. The van der Waals surface area contributed by atoms with Crippen LogP contribution in [0.3, 0.4) is 0 Å². The summed E-state index contributed by atoms with van der Waals surface area (Å²) in [5, 5.41) is 14.5. The molecule has 0 rings (SSSR count). The second-order valence-electron chi connectivity index (χ2n) is 3.60. The number of aliphatic hydroxyl groups excluding tert-OH is 1. The van der Waals surface area contributed by atoms with Crippen LogP contribution in [0, 0.1) is 5.92 Å². The van der Waals surface area contributed by atoms with Gasteiger partial charge in [-0.25, -0.2) is 0 Å². The van der Waals surface area contributed by atoms with Crippen molar-refractivity contribution in [3.63, 3.8) is 0 Å². The maximum Gasteiger partial charge on any atom is 0.233 e. The molecule has 0 bridgehead atoms. The van der Waals surface area contributed by atoms with Crippen LogP contribution in [0.4, 0.5) is 0 Å². The summed E-state index contributed by atoms with van der Waals surface area (Å²) in [6, 6.07) is 0. The monoisotopic (exact) mass is 202 g/mol. The summed E-state index contributed by atoms with van der Waals surface area (Å²) in [5.41, 5.74) is 0. The maximum atomic E-state index is 11.2. The second kappa shape index (κ2) is 8.97. The van der Waals surface area contributed by atoms with E-state index in [4.69, 9.17) is 5.11 Å². The smallest absolute Gasteiger partial charge is 0.233 e.